The molecule has 0 atom stereocenters. The van der Waals surface area contributed by atoms with E-state index in [-0.39, 0.29) is 23.0 Å². The third kappa shape index (κ3) is 2.88. The Labute approximate surface area is 103 Å². The van der Waals surface area contributed by atoms with Crippen LogP contribution in [0.5, 0.6) is 11.5 Å². The fraction of sp³-hybridized carbons (Fsp3) is 0.417. The molecule has 0 unspecified atom stereocenters. The van der Waals surface area contributed by atoms with E-state index in [1.165, 1.54) is 12.1 Å². The van der Waals surface area contributed by atoms with Gasteiger partial charge in [0.1, 0.15) is 11.5 Å². The molecule has 1 fully saturated rings. The van der Waals surface area contributed by atoms with Crippen molar-refractivity contribution in [1.82, 2.24) is 4.90 Å². The third-order valence-electron chi connectivity index (χ3n) is 2.76. The SMILES string of the molecule is O=C(c1cc(O)cc(OC(F)F)c1)N1CCCC1. The summed E-state index contributed by atoms with van der Waals surface area (Å²) in [6, 6.07) is 3.51. The minimum absolute atomic E-state index is 0.160. The van der Waals surface area contributed by atoms with E-state index >= 15 is 0 Å². The second-order valence-corrected chi connectivity index (χ2v) is 4.09. The molecular weight excluding hydrogens is 244 g/mol. The molecular formula is C12H13F2NO3. The monoisotopic (exact) mass is 257 g/mol. The van der Waals surface area contributed by atoms with Gasteiger partial charge >= 0.3 is 6.61 Å². The fourth-order valence-electron chi connectivity index (χ4n) is 1.98. The van der Waals surface area contributed by atoms with Crippen LogP contribution in [-0.4, -0.2) is 35.6 Å². The molecule has 1 saturated heterocycles. The van der Waals surface area contributed by atoms with Crippen LogP contribution in [0.3, 0.4) is 0 Å². The van der Waals surface area contributed by atoms with Crippen molar-refractivity contribution < 1.29 is 23.4 Å². The Bertz CT molecular complexity index is 445. The van der Waals surface area contributed by atoms with Crippen LogP contribution in [0.4, 0.5) is 8.78 Å². The second-order valence-electron chi connectivity index (χ2n) is 4.09. The smallest absolute Gasteiger partial charge is 0.387 e. The largest absolute Gasteiger partial charge is 0.508 e. The lowest BCUT2D eigenvalue weighted by Crippen LogP contribution is -2.27. The molecule has 0 aliphatic carbocycles. The number of hydrogen-bond donors (Lipinski definition) is 1. The van der Waals surface area contributed by atoms with Gasteiger partial charge in [-0.25, -0.2) is 0 Å². The zero-order chi connectivity index (χ0) is 13.1. The molecule has 1 amide bonds. The molecule has 0 radical (unpaired) electrons. The second kappa shape index (κ2) is 5.20. The molecule has 0 spiro atoms. The van der Waals surface area contributed by atoms with Crippen LogP contribution in [0.15, 0.2) is 18.2 Å². The number of halogens is 2. The van der Waals surface area contributed by atoms with E-state index in [1.807, 2.05) is 0 Å². The van der Waals surface area contributed by atoms with E-state index in [0.29, 0.717) is 13.1 Å². The first kappa shape index (κ1) is 12.6. The Morgan fingerprint density at radius 1 is 1.28 bits per heavy atom. The Hall–Kier alpha value is -1.85. The van der Waals surface area contributed by atoms with Gasteiger partial charge in [-0.15, -0.1) is 0 Å². The molecule has 6 heteroatoms. The number of likely N-dealkylation sites (tertiary alicyclic amines) is 1. The molecule has 0 aromatic heterocycles. The van der Waals surface area contributed by atoms with E-state index in [2.05, 4.69) is 4.74 Å². The third-order valence-corrected chi connectivity index (χ3v) is 2.76. The number of aromatic hydroxyl groups is 1. The van der Waals surface area contributed by atoms with E-state index in [1.54, 1.807) is 4.90 Å². The number of phenols is 1. The number of amides is 1. The van der Waals surface area contributed by atoms with Gasteiger partial charge in [0.25, 0.3) is 5.91 Å². The van der Waals surface area contributed by atoms with Crippen LogP contribution in [0.2, 0.25) is 0 Å². The molecule has 2 rings (SSSR count). The van der Waals surface area contributed by atoms with Crippen molar-refractivity contribution in [1.29, 1.82) is 0 Å². The van der Waals surface area contributed by atoms with Crippen LogP contribution in [-0.2, 0) is 0 Å². The highest BCUT2D eigenvalue weighted by Crippen LogP contribution is 2.25. The fourth-order valence-corrected chi connectivity index (χ4v) is 1.98. The summed E-state index contributed by atoms with van der Waals surface area (Å²) in [5.41, 5.74) is 0.160. The normalized spacial score (nSPS) is 15.2. The van der Waals surface area contributed by atoms with E-state index in [0.717, 1.165) is 18.9 Å². The Kier molecular flexibility index (Phi) is 3.64. The lowest BCUT2D eigenvalue weighted by atomic mass is 10.2. The van der Waals surface area contributed by atoms with Crippen molar-refractivity contribution in [2.45, 2.75) is 19.5 Å². The minimum Gasteiger partial charge on any atom is -0.508 e. The maximum atomic E-state index is 12.1. The zero-order valence-electron chi connectivity index (χ0n) is 9.60. The number of ether oxygens (including phenoxy) is 1. The van der Waals surface area contributed by atoms with Gasteiger partial charge in [0.2, 0.25) is 0 Å². The van der Waals surface area contributed by atoms with Gasteiger partial charge in [0.05, 0.1) is 0 Å². The highest BCUT2D eigenvalue weighted by molar-refractivity contribution is 5.95. The van der Waals surface area contributed by atoms with Crippen LogP contribution in [0.25, 0.3) is 0 Å². The molecule has 1 N–H and O–H groups in total. The number of carbonyl (C=O) groups excluding carboxylic acids is 1. The lowest BCUT2D eigenvalue weighted by Gasteiger charge is -2.16. The molecule has 18 heavy (non-hydrogen) atoms. The van der Waals surface area contributed by atoms with Gasteiger partial charge in [-0.2, -0.15) is 8.78 Å². The summed E-state index contributed by atoms with van der Waals surface area (Å²) in [6.07, 6.45) is 1.87. The Morgan fingerprint density at radius 3 is 2.56 bits per heavy atom. The quantitative estimate of drug-likeness (QED) is 0.903. The first-order valence-corrected chi connectivity index (χ1v) is 5.64. The van der Waals surface area contributed by atoms with Gasteiger partial charge in [-0.3, -0.25) is 4.79 Å². The van der Waals surface area contributed by atoms with Crippen molar-refractivity contribution in [3.63, 3.8) is 0 Å². The van der Waals surface area contributed by atoms with Crippen LogP contribution >= 0.6 is 0 Å². The first-order valence-electron chi connectivity index (χ1n) is 5.64. The van der Waals surface area contributed by atoms with Gasteiger partial charge in [-0.1, -0.05) is 0 Å². The zero-order valence-corrected chi connectivity index (χ0v) is 9.60. The maximum Gasteiger partial charge on any atom is 0.387 e. The van der Waals surface area contributed by atoms with Crippen molar-refractivity contribution >= 4 is 5.91 Å². The highest BCUT2D eigenvalue weighted by atomic mass is 19.3. The molecule has 4 nitrogen and oxygen atoms in total. The van der Waals surface area contributed by atoms with Crippen LogP contribution < -0.4 is 4.74 Å². The van der Waals surface area contributed by atoms with Gasteiger partial charge in [0.15, 0.2) is 0 Å². The van der Waals surface area contributed by atoms with Crippen molar-refractivity contribution in [3.05, 3.63) is 23.8 Å². The number of hydrogen-bond acceptors (Lipinski definition) is 3. The molecule has 98 valence electrons. The first-order chi connectivity index (χ1) is 8.56. The predicted molar refractivity (Wildman–Crippen MR) is 59.9 cm³/mol. The topological polar surface area (TPSA) is 49.8 Å². The summed E-state index contributed by atoms with van der Waals surface area (Å²) in [6.45, 7) is -1.68. The number of carbonyl (C=O) groups is 1. The molecule has 1 aliphatic rings. The summed E-state index contributed by atoms with van der Waals surface area (Å²) in [5.74, 6) is -0.759. The van der Waals surface area contributed by atoms with E-state index in [4.69, 9.17) is 0 Å². The number of benzene rings is 1. The molecule has 1 aliphatic heterocycles. The minimum atomic E-state index is -2.98. The van der Waals surface area contributed by atoms with Crippen LogP contribution in [0, 0.1) is 0 Å². The average Bonchev–Trinajstić information content (AvgIpc) is 2.79. The number of phenolic OH excluding ortho intramolecular Hbond substituents is 1. The standard InChI is InChI=1S/C12H13F2NO3/c13-12(14)18-10-6-8(5-9(16)7-10)11(17)15-3-1-2-4-15/h5-7,12,16H,1-4H2. The molecule has 1 aromatic carbocycles. The van der Waals surface area contributed by atoms with Crippen molar-refractivity contribution in [2.24, 2.45) is 0 Å². The van der Waals surface area contributed by atoms with Gasteiger partial charge < -0.3 is 14.7 Å². The Balaban J connectivity index is 2.21. The number of rotatable bonds is 3. The summed E-state index contributed by atoms with van der Waals surface area (Å²) in [5, 5.41) is 9.40. The van der Waals surface area contributed by atoms with Crippen LogP contribution in [0.1, 0.15) is 23.2 Å². The molecule has 0 saturated carbocycles. The summed E-state index contributed by atoms with van der Waals surface area (Å²) >= 11 is 0. The summed E-state index contributed by atoms with van der Waals surface area (Å²) in [4.78, 5) is 13.6. The lowest BCUT2D eigenvalue weighted by molar-refractivity contribution is -0.0499. The number of alkyl halides is 2. The Morgan fingerprint density at radius 2 is 1.94 bits per heavy atom. The molecule has 1 aromatic rings. The maximum absolute atomic E-state index is 12.1. The highest BCUT2D eigenvalue weighted by Gasteiger charge is 2.21. The number of nitrogens with zero attached hydrogens (tertiary/aromatic N) is 1. The average molecular weight is 257 g/mol. The molecule has 1 heterocycles. The summed E-state index contributed by atoms with van der Waals surface area (Å²) < 4.78 is 28.4. The van der Waals surface area contributed by atoms with Gasteiger partial charge in [0, 0.05) is 24.7 Å². The van der Waals surface area contributed by atoms with Crippen molar-refractivity contribution in [2.75, 3.05) is 13.1 Å². The van der Waals surface area contributed by atoms with E-state index < -0.39 is 6.61 Å². The molecule has 0 bridgehead atoms. The van der Waals surface area contributed by atoms with Gasteiger partial charge in [-0.05, 0) is 25.0 Å². The summed E-state index contributed by atoms with van der Waals surface area (Å²) in [7, 11) is 0. The van der Waals surface area contributed by atoms with Crippen molar-refractivity contribution in [3.8, 4) is 11.5 Å². The predicted octanol–water partition coefficient (Wildman–Crippen LogP) is 2.23. The van der Waals surface area contributed by atoms with E-state index in [9.17, 15) is 18.7 Å².